The molecule has 0 aromatic heterocycles. The van der Waals surface area contributed by atoms with Gasteiger partial charge in [0, 0.05) is 6.54 Å². The Hall–Kier alpha value is -1.30. The predicted molar refractivity (Wildman–Crippen MR) is 63.7 cm³/mol. The molecule has 6 heteroatoms. The van der Waals surface area contributed by atoms with Crippen LogP contribution in [0.1, 0.15) is 33.1 Å². The third-order valence-electron chi connectivity index (χ3n) is 2.23. The number of carbonyl (C=O) groups excluding carboxylic acids is 1. The summed E-state index contributed by atoms with van der Waals surface area (Å²) in [6.45, 7) is 4.57. The lowest BCUT2D eigenvalue weighted by atomic mass is 10.1. The Labute approximate surface area is 101 Å². The maximum absolute atomic E-state index is 11.1. The largest absolute Gasteiger partial charge is 0.479 e. The van der Waals surface area contributed by atoms with E-state index in [9.17, 15) is 9.59 Å². The van der Waals surface area contributed by atoms with Gasteiger partial charge < -0.3 is 20.8 Å². The number of carbonyl (C=O) groups is 2. The Morgan fingerprint density at radius 1 is 1.18 bits per heavy atom. The molecule has 0 radical (unpaired) electrons. The first kappa shape index (κ1) is 15.7. The van der Waals surface area contributed by atoms with Crippen LogP contribution >= 0.6 is 0 Å². The molecule has 0 heterocycles. The number of nitrogens with one attached hydrogen (secondary N) is 2. The molecule has 17 heavy (non-hydrogen) atoms. The van der Waals surface area contributed by atoms with E-state index in [1.165, 1.54) is 0 Å². The Bertz CT molecular complexity index is 244. The van der Waals surface area contributed by atoms with Gasteiger partial charge >= 0.3 is 12.0 Å². The summed E-state index contributed by atoms with van der Waals surface area (Å²) < 4.78 is 0. The molecule has 2 amide bonds. The van der Waals surface area contributed by atoms with Crippen LogP contribution in [0.15, 0.2) is 0 Å². The summed E-state index contributed by atoms with van der Waals surface area (Å²) in [4.78, 5) is 21.4. The monoisotopic (exact) mass is 246 g/mol. The third-order valence-corrected chi connectivity index (χ3v) is 2.23. The van der Waals surface area contributed by atoms with E-state index in [1.807, 2.05) is 0 Å². The number of carboxylic acids is 1. The highest BCUT2D eigenvalue weighted by Gasteiger charge is 2.13. The van der Waals surface area contributed by atoms with Gasteiger partial charge in [-0.2, -0.15) is 0 Å². The maximum Gasteiger partial charge on any atom is 0.334 e. The molecule has 0 aliphatic heterocycles. The minimum absolute atomic E-state index is 0.285. The van der Waals surface area contributed by atoms with Gasteiger partial charge in [0.05, 0.1) is 6.54 Å². The molecule has 0 aliphatic carbocycles. The molecule has 0 saturated carbocycles. The number of unbranched alkanes of at least 4 members (excludes halogenated alkanes) is 1. The fourth-order valence-electron chi connectivity index (χ4n) is 1.22. The van der Waals surface area contributed by atoms with Gasteiger partial charge in [0.15, 0.2) is 6.10 Å². The first-order valence-corrected chi connectivity index (χ1v) is 5.86. The van der Waals surface area contributed by atoms with Crippen molar-refractivity contribution in [2.24, 2.45) is 5.92 Å². The summed E-state index contributed by atoms with van der Waals surface area (Å²) >= 11 is 0. The molecule has 0 aliphatic rings. The molecule has 100 valence electrons. The SMILES string of the molecule is CC(C)CCCCNC(=O)NCC(O)C(=O)O. The maximum atomic E-state index is 11.1. The highest BCUT2D eigenvalue weighted by Crippen LogP contribution is 2.04. The molecule has 0 bridgehead atoms. The quantitative estimate of drug-likeness (QED) is 0.470. The van der Waals surface area contributed by atoms with Gasteiger partial charge in [-0.1, -0.05) is 26.7 Å². The van der Waals surface area contributed by atoms with Crippen molar-refractivity contribution in [1.82, 2.24) is 10.6 Å². The van der Waals surface area contributed by atoms with Crippen molar-refractivity contribution < 1.29 is 19.8 Å². The second-order valence-electron chi connectivity index (χ2n) is 4.38. The van der Waals surface area contributed by atoms with Crippen LogP contribution in [-0.2, 0) is 4.79 Å². The van der Waals surface area contributed by atoms with E-state index >= 15 is 0 Å². The highest BCUT2D eigenvalue weighted by molar-refractivity contribution is 5.76. The standard InChI is InChI=1S/C11H22N2O4/c1-8(2)5-3-4-6-12-11(17)13-7-9(14)10(15)16/h8-9,14H,3-7H2,1-2H3,(H,15,16)(H2,12,13,17). The Morgan fingerprint density at radius 3 is 2.35 bits per heavy atom. The summed E-state index contributed by atoms with van der Waals surface area (Å²) in [5, 5.41) is 22.2. The summed E-state index contributed by atoms with van der Waals surface area (Å²) in [5.41, 5.74) is 0. The molecule has 1 atom stereocenters. The van der Waals surface area contributed by atoms with Crippen LogP contribution in [0.25, 0.3) is 0 Å². The van der Waals surface area contributed by atoms with Gasteiger partial charge in [0.2, 0.25) is 0 Å². The van der Waals surface area contributed by atoms with Crippen molar-refractivity contribution in [3.63, 3.8) is 0 Å². The first-order valence-electron chi connectivity index (χ1n) is 5.86. The van der Waals surface area contributed by atoms with E-state index in [-0.39, 0.29) is 6.54 Å². The molecule has 6 nitrogen and oxygen atoms in total. The molecule has 4 N–H and O–H groups in total. The van der Waals surface area contributed by atoms with Crippen LogP contribution in [0.4, 0.5) is 4.79 Å². The topological polar surface area (TPSA) is 98.7 Å². The molecule has 0 saturated heterocycles. The number of aliphatic hydroxyl groups excluding tert-OH is 1. The summed E-state index contributed by atoms with van der Waals surface area (Å²) in [7, 11) is 0. The van der Waals surface area contributed by atoms with Crippen molar-refractivity contribution in [3.05, 3.63) is 0 Å². The van der Waals surface area contributed by atoms with E-state index in [1.54, 1.807) is 0 Å². The summed E-state index contributed by atoms with van der Waals surface area (Å²) in [6.07, 6.45) is 1.52. The van der Waals surface area contributed by atoms with Gasteiger partial charge in [-0.05, 0) is 12.3 Å². The fourth-order valence-corrected chi connectivity index (χ4v) is 1.22. The first-order chi connectivity index (χ1) is 7.93. The van der Waals surface area contributed by atoms with Crippen molar-refractivity contribution in [1.29, 1.82) is 0 Å². The Balaban J connectivity index is 3.44. The third kappa shape index (κ3) is 9.62. The van der Waals surface area contributed by atoms with E-state index < -0.39 is 18.1 Å². The second-order valence-corrected chi connectivity index (χ2v) is 4.38. The average Bonchev–Trinajstić information content (AvgIpc) is 2.24. The highest BCUT2D eigenvalue weighted by atomic mass is 16.4. The van der Waals surface area contributed by atoms with Gasteiger partial charge in [0.1, 0.15) is 0 Å². The number of hydrogen-bond donors (Lipinski definition) is 4. The van der Waals surface area contributed by atoms with Crippen LogP contribution < -0.4 is 10.6 Å². The van der Waals surface area contributed by atoms with Crippen LogP contribution in [0.3, 0.4) is 0 Å². The molecule has 0 fully saturated rings. The van der Waals surface area contributed by atoms with Gasteiger partial charge in [0.25, 0.3) is 0 Å². The second kappa shape index (κ2) is 8.81. The van der Waals surface area contributed by atoms with Crippen LogP contribution in [0.5, 0.6) is 0 Å². The molecule has 0 rings (SSSR count). The molecule has 0 aromatic rings. The predicted octanol–water partition coefficient (Wildman–Crippen LogP) is 0.557. The van der Waals surface area contributed by atoms with E-state index in [0.717, 1.165) is 19.3 Å². The lowest BCUT2D eigenvalue weighted by Gasteiger charge is -2.09. The van der Waals surface area contributed by atoms with Crippen LogP contribution in [-0.4, -0.2) is 41.4 Å². The average molecular weight is 246 g/mol. The zero-order valence-electron chi connectivity index (χ0n) is 10.4. The number of carboxylic acid groups (broad SMARTS) is 1. The molecular formula is C11H22N2O4. The number of aliphatic carboxylic acids is 1. The number of amides is 2. The number of urea groups is 1. The zero-order valence-corrected chi connectivity index (χ0v) is 10.4. The van der Waals surface area contributed by atoms with Crippen molar-refractivity contribution in [3.8, 4) is 0 Å². The van der Waals surface area contributed by atoms with E-state index in [4.69, 9.17) is 10.2 Å². The van der Waals surface area contributed by atoms with Crippen molar-refractivity contribution in [2.75, 3.05) is 13.1 Å². The normalized spacial score (nSPS) is 12.2. The number of rotatable bonds is 8. The van der Waals surface area contributed by atoms with E-state index in [0.29, 0.717) is 12.5 Å². The summed E-state index contributed by atoms with van der Waals surface area (Å²) in [5.74, 6) is -0.684. The van der Waals surface area contributed by atoms with Crippen LogP contribution in [0.2, 0.25) is 0 Å². The minimum atomic E-state index is -1.55. The van der Waals surface area contributed by atoms with E-state index in [2.05, 4.69) is 24.5 Å². The van der Waals surface area contributed by atoms with Gasteiger partial charge in [-0.25, -0.2) is 9.59 Å². The molecule has 1 unspecified atom stereocenters. The number of aliphatic hydroxyl groups is 1. The Morgan fingerprint density at radius 2 is 1.82 bits per heavy atom. The number of hydrogen-bond acceptors (Lipinski definition) is 3. The van der Waals surface area contributed by atoms with Gasteiger partial charge in [-0.15, -0.1) is 0 Å². The lowest BCUT2D eigenvalue weighted by molar-refractivity contribution is -0.146. The Kier molecular flexibility index (Phi) is 8.13. The smallest absolute Gasteiger partial charge is 0.334 e. The molecule has 0 aromatic carbocycles. The summed E-state index contributed by atoms with van der Waals surface area (Å²) in [6, 6.07) is -0.449. The van der Waals surface area contributed by atoms with Crippen molar-refractivity contribution in [2.45, 2.75) is 39.2 Å². The molecule has 0 spiro atoms. The fraction of sp³-hybridized carbons (Fsp3) is 0.818. The van der Waals surface area contributed by atoms with Crippen molar-refractivity contribution >= 4 is 12.0 Å². The molecular weight excluding hydrogens is 224 g/mol. The van der Waals surface area contributed by atoms with Gasteiger partial charge in [-0.3, -0.25) is 0 Å². The van der Waals surface area contributed by atoms with Crippen LogP contribution in [0, 0.1) is 5.92 Å². The lowest BCUT2D eigenvalue weighted by Crippen LogP contribution is -2.42. The zero-order chi connectivity index (χ0) is 13.3. The minimum Gasteiger partial charge on any atom is -0.479 e.